The Morgan fingerprint density at radius 2 is 1.97 bits per heavy atom. The van der Waals surface area contributed by atoms with E-state index < -0.39 is 0 Å². The third-order valence-corrected chi connectivity index (χ3v) is 5.32. The van der Waals surface area contributed by atoms with Gasteiger partial charge in [-0.25, -0.2) is 0 Å². The second-order valence-corrected chi connectivity index (χ2v) is 7.42. The topological polar surface area (TPSA) is 68.5 Å². The van der Waals surface area contributed by atoms with Crippen molar-refractivity contribution in [2.75, 3.05) is 6.61 Å². The molecule has 0 bridgehead atoms. The number of aromatic nitrogens is 2. The second-order valence-electron chi connectivity index (χ2n) is 7.42. The highest BCUT2D eigenvalue weighted by Crippen LogP contribution is 2.34. The SMILES string of the molecule is CCOc1ccc(-c2noc(C3CCC(=O)N3Cc3cc(C)ccc3C)n2)cc1. The summed E-state index contributed by atoms with van der Waals surface area (Å²) in [5, 5.41) is 4.14. The summed E-state index contributed by atoms with van der Waals surface area (Å²) < 4.78 is 11.0. The van der Waals surface area contributed by atoms with Crippen LogP contribution in [0.25, 0.3) is 11.4 Å². The Morgan fingerprint density at radius 1 is 1.17 bits per heavy atom. The summed E-state index contributed by atoms with van der Waals surface area (Å²) in [6.45, 7) is 7.26. The number of amides is 1. The molecule has 0 aliphatic carbocycles. The quantitative estimate of drug-likeness (QED) is 0.613. The minimum atomic E-state index is -0.189. The lowest BCUT2D eigenvalue weighted by Crippen LogP contribution is -2.27. The van der Waals surface area contributed by atoms with Crippen molar-refractivity contribution in [3.63, 3.8) is 0 Å². The van der Waals surface area contributed by atoms with Crippen molar-refractivity contribution in [2.24, 2.45) is 0 Å². The van der Waals surface area contributed by atoms with Gasteiger partial charge in [-0.1, -0.05) is 28.9 Å². The van der Waals surface area contributed by atoms with E-state index in [2.05, 4.69) is 42.2 Å². The normalized spacial score (nSPS) is 16.4. The third kappa shape index (κ3) is 4.01. The van der Waals surface area contributed by atoms with Gasteiger partial charge in [-0.15, -0.1) is 0 Å². The van der Waals surface area contributed by atoms with E-state index in [1.54, 1.807) is 0 Å². The first-order valence-electron chi connectivity index (χ1n) is 9.97. The Morgan fingerprint density at radius 3 is 2.72 bits per heavy atom. The summed E-state index contributed by atoms with van der Waals surface area (Å²) >= 11 is 0. The van der Waals surface area contributed by atoms with E-state index in [4.69, 9.17) is 9.26 Å². The minimum Gasteiger partial charge on any atom is -0.494 e. The third-order valence-electron chi connectivity index (χ3n) is 5.32. The van der Waals surface area contributed by atoms with E-state index in [0.717, 1.165) is 16.9 Å². The summed E-state index contributed by atoms with van der Waals surface area (Å²) in [6, 6.07) is 13.7. The van der Waals surface area contributed by atoms with Crippen LogP contribution in [0.4, 0.5) is 0 Å². The first-order chi connectivity index (χ1) is 14.0. The van der Waals surface area contributed by atoms with Gasteiger partial charge in [0.2, 0.25) is 17.6 Å². The first kappa shape index (κ1) is 19.2. The van der Waals surface area contributed by atoms with Gasteiger partial charge in [0.1, 0.15) is 11.8 Å². The highest BCUT2D eigenvalue weighted by molar-refractivity contribution is 5.79. The molecule has 3 aromatic rings. The zero-order valence-corrected chi connectivity index (χ0v) is 17.0. The van der Waals surface area contributed by atoms with Gasteiger partial charge in [-0.05, 0) is 62.6 Å². The van der Waals surface area contributed by atoms with Crippen LogP contribution >= 0.6 is 0 Å². The minimum absolute atomic E-state index is 0.122. The zero-order valence-electron chi connectivity index (χ0n) is 17.0. The van der Waals surface area contributed by atoms with Crippen molar-refractivity contribution in [3.8, 4) is 17.1 Å². The van der Waals surface area contributed by atoms with E-state index in [9.17, 15) is 4.79 Å². The van der Waals surface area contributed by atoms with Gasteiger partial charge in [-0.2, -0.15) is 4.98 Å². The van der Waals surface area contributed by atoms with Gasteiger partial charge in [0, 0.05) is 18.5 Å². The Hall–Kier alpha value is -3.15. The van der Waals surface area contributed by atoms with Crippen molar-refractivity contribution in [2.45, 2.75) is 46.2 Å². The van der Waals surface area contributed by atoms with E-state index in [1.807, 2.05) is 36.1 Å². The molecule has 1 fully saturated rings. The zero-order chi connectivity index (χ0) is 20.4. The standard InChI is InChI=1S/C23H25N3O3/c1-4-28-19-9-7-17(8-10-19)22-24-23(29-25-22)20-11-12-21(27)26(20)14-18-13-15(2)5-6-16(18)3/h5-10,13,20H,4,11-12,14H2,1-3H3. The van der Waals surface area contributed by atoms with Crippen molar-refractivity contribution < 1.29 is 14.1 Å². The molecule has 1 aliphatic rings. The molecule has 2 aromatic carbocycles. The Labute approximate surface area is 170 Å². The van der Waals surface area contributed by atoms with Gasteiger partial charge in [0.05, 0.1) is 6.61 Å². The number of likely N-dealkylation sites (tertiary alicyclic amines) is 1. The molecule has 1 atom stereocenters. The number of carbonyl (C=O) groups is 1. The van der Waals surface area contributed by atoms with Crippen molar-refractivity contribution in [1.29, 1.82) is 0 Å². The van der Waals surface area contributed by atoms with Gasteiger partial charge < -0.3 is 14.2 Å². The van der Waals surface area contributed by atoms with Crippen LogP contribution in [0.5, 0.6) is 5.75 Å². The predicted octanol–water partition coefficient (Wildman–Crippen LogP) is 4.62. The van der Waals surface area contributed by atoms with E-state index in [0.29, 0.717) is 37.7 Å². The number of benzene rings is 2. The molecular weight excluding hydrogens is 366 g/mol. The molecule has 0 saturated carbocycles. The molecular formula is C23H25N3O3. The van der Waals surface area contributed by atoms with Gasteiger partial charge in [0.15, 0.2) is 0 Å². The molecule has 150 valence electrons. The molecule has 1 saturated heterocycles. The Kier molecular flexibility index (Phi) is 5.34. The largest absolute Gasteiger partial charge is 0.494 e. The van der Waals surface area contributed by atoms with Crippen molar-refractivity contribution >= 4 is 5.91 Å². The van der Waals surface area contributed by atoms with Crippen molar-refractivity contribution in [1.82, 2.24) is 15.0 Å². The molecule has 1 unspecified atom stereocenters. The highest BCUT2D eigenvalue weighted by Gasteiger charge is 2.36. The fourth-order valence-electron chi connectivity index (χ4n) is 3.70. The highest BCUT2D eigenvalue weighted by atomic mass is 16.5. The summed E-state index contributed by atoms with van der Waals surface area (Å²) in [4.78, 5) is 19.0. The van der Waals surface area contributed by atoms with Gasteiger partial charge >= 0.3 is 0 Å². The molecule has 29 heavy (non-hydrogen) atoms. The number of nitrogens with zero attached hydrogens (tertiary/aromatic N) is 3. The maximum absolute atomic E-state index is 12.6. The van der Waals surface area contributed by atoms with Crippen molar-refractivity contribution in [3.05, 3.63) is 65.0 Å². The van der Waals surface area contributed by atoms with Gasteiger partial charge in [-0.3, -0.25) is 4.79 Å². The molecule has 4 rings (SSSR count). The summed E-state index contributed by atoms with van der Waals surface area (Å²) in [7, 11) is 0. The number of ether oxygens (including phenoxy) is 1. The number of hydrogen-bond donors (Lipinski definition) is 0. The smallest absolute Gasteiger partial charge is 0.249 e. The average Bonchev–Trinajstić information content (AvgIpc) is 3.33. The number of aryl methyl sites for hydroxylation is 2. The summed E-state index contributed by atoms with van der Waals surface area (Å²) in [6.07, 6.45) is 1.19. The van der Waals surface area contributed by atoms with Crippen LogP contribution < -0.4 is 4.74 Å². The first-order valence-corrected chi connectivity index (χ1v) is 9.97. The van der Waals surface area contributed by atoms with Crippen LogP contribution in [-0.4, -0.2) is 27.6 Å². The maximum atomic E-state index is 12.6. The lowest BCUT2D eigenvalue weighted by molar-refractivity contribution is -0.130. The molecule has 0 N–H and O–H groups in total. The fraction of sp³-hybridized carbons (Fsp3) is 0.348. The number of carbonyl (C=O) groups excluding carboxylic acids is 1. The van der Waals surface area contributed by atoms with Crippen LogP contribution in [0, 0.1) is 13.8 Å². The molecule has 1 amide bonds. The molecule has 1 aliphatic heterocycles. The summed E-state index contributed by atoms with van der Waals surface area (Å²) in [5.74, 6) is 1.94. The molecule has 2 heterocycles. The fourth-order valence-corrected chi connectivity index (χ4v) is 3.70. The predicted molar refractivity (Wildman–Crippen MR) is 109 cm³/mol. The Bertz CT molecular complexity index is 1010. The number of rotatable bonds is 6. The van der Waals surface area contributed by atoms with Crippen LogP contribution in [-0.2, 0) is 11.3 Å². The molecule has 0 spiro atoms. The second kappa shape index (κ2) is 8.07. The van der Waals surface area contributed by atoms with Crippen LogP contribution in [0.2, 0.25) is 0 Å². The van der Waals surface area contributed by atoms with Gasteiger partial charge in [0.25, 0.3) is 0 Å². The lowest BCUT2D eigenvalue weighted by Gasteiger charge is -2.23. The molecule has 6 heteroatoms. The lowest BCUT2D eigenvalue weighted by atomic mass is 10.0. The van der Waals surface area contributed by atoms with Crippen LogP contribution in [0.15, 0.2) is 47.0 Å². The van der Waals surface area contributed by atoms with E-state index >= 15 is 0 Å². The van der Waals surface area contributed by atoms with E-state index in [-0.39, 0.29) is 11.9 Å². The van der Waals surface area contributed by atoms with E-state index in [1.165, 1.54) is 11.1 Å². The van der Waals surface area contributed by atoms with Crippen LogP contribution in [0.3, 0.4) is 0 Å². The number of hydrogen-bond acceptors (Lipinski definition) is 5. The molecule has 1 aromatic heterocycles. The summed E-state index contributed by atoms with van der Waals surface area (Å²) in [5.41, 5.74) is 4.37. The average molecular weight is 391 g/mol. The van der Waals surface area contributed by atoms with Crippen LogP contribution in [0.1, 0.15) is 48.4 Å². The monoisotopic (exact) mass is 391 g/mol. The maximum Gasteiger partial charge on any atom is 0.249 e. The molecule has 6 nitrogen and oxygen atoms in total. The molecule has 0 radical (unpaired) electrons. The Balaban J connectivity index is 1.55.